The largest absolute Gasteiger partial charge is 0.468 e. The van der Waals surface area contributed by atoms with Gasteiger partial charge in [-0.3, -0.25) is 9.78 Å². The number of nitrogens with two attached hydrogens (primary N) is 1. The Labute approximate surface area is 192 Å². The van der Waals surface area contributed by atoms with Crippen LogP contribution in [0.5, 0.6) is 5.75 Å². The summed E-state index contributed by atoms with van der Waals surface area (Å²) in [5.74, 6) is 0.930. The van der Waals surface area contributed by atoms with Gasteiger partial charge in [0.05, 0.1) is 12.1 Å². The van der Waals surface area contributed by atoms with E-state index >= 15 is 0 Å². The van der Waals surface area contributed by atoms with E-state index < -0.39 is 0 Å². The van der Waals surface area contributed by atoms with Gasteiger partial charge in [0, 0.05) is 36.1 Å². The number of hydrogen-bond donors (Lipinski definition) is 1. The van der Waals surface area contributed by atoms with Gasteiger partial charge in [0.2, 0.25) is 0 Å². The fourth-order valence-electron chi connectivity index (χ4n) is 3.91. The zero-order valence-corrected chi connectivity index (χ0v) is 19.1. The predicted molar refractivity (Wildman–Crippen MR) is 129 cm³/mol. The monoisotopic (exact) mass is 445 g/mol. The van der Waals surface area contributed by atoms with E-state index in [9.17, 15) is 4.79 Å². The van der Waals surface area contributed by atoms with Crippen molar-refractivity contribution in [3.63, 3.8) is 0 Å². The van der Waals surface area contributed by atoms with E-state index in [1.54, 1.807) is 14.0 Å². The zero-order valence-electron chi connectivity index (χ0n) is 19.1. The summed E-state index contributed by atoms with van der Waals surface area (Å²) in [6.45, 7) is 4.43. The molecule has 0 amide bonds. The van der Waals surface area contributed by atoms with Gasteiger partial charge in [0.15, 0.2) is 12.6 Å². The highest BCUT2D eigenvalue weighted by atomic mass is 16.7. The average Bonchev–Trinajstić information content (AvgIpc) is 2.81. The molecule has 0 fully saturated rings. The minimum atomic E-state index is -0.202. The summed E-state index contributed by atoms with van der Waals surface area (Å²) in [5, 5.41) is 1.90. The number of nitrogens with zero attached hydrogens (tertiary/aromatic N) is 2. The first kappa shape index (κ1) is 22.5. The maximum Gasteiger partial charge on any atom is 0.306 e. The van der Waals surface area contributed by atoms with Crippen molar-refractivity contribution in [3.05, 3.63) is 59.8 Å². The van der Waals surface area contributed by atoms with Crippen molar-refractivity contribution in [2.45, 2.75) is 26.7 Å². The van der Waals surface area contributed by atoms with E-state index in [1.165, 1.54) is 0 Å². The van der Waals surface area contributed by atoms with E-state index in [0.29, 0.717) is 30.8 Å². The molecule has 0 saturated heterocycles. The molecular formula is C26H27N3O4. The Bertz CT molecular complexity index is 1320. The topological polar surface area (TPSA) is 96.6 Å². The molecule has 4 aromatic rings. The Kier molecular flexibility index (Phi) is 6.70. The number of aromatic nitrogens is 2. The second-order valence-electron chi connectivity index (χ2n) is 7.80. The predicted octanol–water partition coefficient (Wildman–Crippen LogP) is 4.82. The molecule has 2 aromatic heterocycles. The number of anilines is 1. The highest BCUT2D eigenvalue weighted by Crippen LogP contribution is 2.33. The number of aryl methyl sites for hydroxylation is 2. The lowest BCUT2D eigenvalue weighted by atomic mass is 9.98. The standard InChI is InChI=1S/C26H27N3O4/c1-4-32-24(30)10-6-17-5-8-21-22-13-18(14-28-25(22)26(27)29-23(21)12-17)20-9-7-19(11-16(20)2)33-15-31-3/h5,7-9,11-14H,4,6,10,15H2,1-3H3,(H2,27,29). The third kappa shape index (κ3) is 4.88. The number of fused-ring (bicyclic) bond motifs is 3. The van der Waals surface area contributed by atoms with Gasteiger partial charge < -0.3 is 19.9 Å². The first-order valence-corrected chi connectivity index (χ1v) is 10.9. The summed E-state index contributed by atoms with van der Waals surface area (Å²) in [6.07, 6.45) is 2.73. The minimum Gasteiger partial charge on any atom is -0.468 e. The van der Waals surface area contributed by atoms with E-state index in [2.05, 4.69) is 16.0 Å². The molecule has 0 aliphatic heterocycles. The quantitative estimate of drug-likeness (QED) is 0.236. The number of pyridine rings is 2. The lowest BCUT2D eigenvalue weighted by Gasteiger charge is -2.12. The number of rotatable bonds is 8. The Morgan fingerprint density at radius 2 is 1.94 bits per heavy atom. The van der Waals surface area contributed by atoms with Crippen LogP contribution in [0.4, 0.5) is 5.82 Å². The Morgan fingerprint density at radius 1 is 1.09 bits per heavy atom. The molecule has 0 saturated carbocycles. The van der Waals surface area contributed by atoms with Crippen LogP contribution in [0.3, 0.4) is 0 Å². The molecule has 2 heterocycles. The van der Waals surface area contributed by atoms with Gasteiger partial charge in [-0.25, -0.2) is 4.98 Å². The smallest absolute Gasteiger partial charge is 0.306 e. The molecule has 170 valence electrons. The Morgan fingerprint density at radius 3 is 2.70 bits per heavy atom. The summed E-state index contributed by atoms with van der Waals surface area (Å²) >= 11 is 0. The maximum atomic E-state index is 11.7. The maximum absolute atomic E-state index is 11.7. The summed E-state index contributed by atoms with van der Waals surface area (Å²) in [6, 6.07) is 14.0. The van der Waals surface area contributed by atoms with Gasteiger partial charge >= 0.3 is 5.97 Å². The molecule has 0 atom stereocenters. The number of nitrogen functional groups attached to an aromatic ring is 1. The number of carbonyl (C=O) groups excluding carboxylic acids is 1. The first-order chi connectivity index (χ1) is 16.0. The third-order valence-corrected chi connectivity index (χ3v) is 5.50. The van der Waals surface area contributed by atoms with Crippen LogP contribution in [0.15, 0.2) is 48.7 Å². The molecule has 2 aromatic carbocycles. The van der Waals surface area contributed by atoms with Crippen molar-refractivity contribution < 1.29 is 19.0 Å². The van der Waals surface area contributed by atoms with Crippen molar-refractivity contribution in [3.8, 4) is 16.9 Å². The Balaban J connectivity index is 1.71. The van der Waals surface area contributed by atoms with Crippen molar-refractivity contribution >= 4 is 33.6 Å². The van der Waals surface area contributed by atoms with Gasteiger partial charge in [0.1, 0.15) is 11.3 Å². The summed E-state index contributed by atoms with van der Waals surface area (Å²) in [7, 11) is 1.59. The van der Waals surface area contributed by atoms with Crippen LogP contribution in [0.2, 0.25) is 0 Å². The summed E-state index contributed by atoms with van der Waals surface area (Å²) in [4.78, 5) is 20.9. The fourth-order valence-corrected chi connectivity index (χ4v) is 3.91. The normalized spacial score (nSPS) is 11.1. The average molecular weight is 446 g/mol. The van der Waals surface area contributed by atoms with E-state index in [0.717, 1.165) is 44.3 Å². The zero-order chi connectivity index (χ0) is 23.4. The molecule has 0 spiro atoms. The highest BCUT2D eigenvalue weighted by molar-refractivity contribution is 6.09. The van der Waals surface area contributed by atoms with Gasteiger partial charge in [-0.15, -0.1) is 0 Å². The number of benzene rings is 2. The summed E-state index contributed by atoms with van der Waals surface area (Å²) < 4.78 is 15.5. The van der Waals surface area contributed by atoms with Gasteiger partial charge in [-0.2, -0.15) is 0 Å². The van der Waals surface area contributed by atoms with Gasteiger partial charge in [-0.1, -0.05) is 18.2 Å². The fraction of sp³-hybridized carbons (Fsp3) is 0.269. The van der Waals surface area contributed by atoms with Crippen LogP contribution in [0.25, 0.3) is 32.9 Å². The van der Waals surface area contributed by atoms with Gasteiger partial charge in [0.25, 0.3) is 0 Å². The highest BCUT2D eigenvalue weighted by Gasteiger charge is 2.12. The number of hydrogen-bond acceptors (Lipinski definition) is 7. The molecular weight excluding hydrogens is 418 g/mol. The molecule has 33 heavy (non-hydrogen) atoms. The minimum absolute atomic E-state index is 0.202. The molecule has 4 rings (SSSR count). The van der Waals surface area contributed by atoms with Crippen LogP contribution in [0, 0.1) is 6.92 Å². The van der Waals surface area contributed by atoms with Crippen molar-refractivity contribution in [1.82, 2.24) is 9.97 Å². The van der Waals surface area contributed by atoms with E-state index in [-0.39, 0.29) is 12.8 Å². The lowest BCUT2D eigenvalue weighted by Crippen LogP contribution is -2.05. The first-order valence-electron chi connectivity index (χ1n) is 10.9. The Hall–Kier alpha value is -3.71. The second kappa shape index (κ2) is 9.83. The van der Waals surface area contributed by atoms with Crippen LogP contribution in [-0.4, -0.2) is 36.4 Å². The lowest BCUT2D eigenvalue weighted by molar-refractivity contribution is -0.143. The van der Waals surface area contributed by atoms with Crippen LogP contribution in [-0.2, 0) is 20.7 Å². The number of carbonyl (C=O) groups is 1. The molecule has 0 aliphatic carbocycles. The van der Waals surface area contributed by atoms with E-state index in [4.69, 9.17) is 19.9 Å². The van der Waals surface area contributed by atoms with Crippen molar-refractivity contribution in [2.24, 2.45) is 0 Å². The van der Waals surface area contributed by atoms with Crippen molar-refractivity contribution in [1.29, 1.82) is 0 Å². The number of methoxy groups -OCH3 is 1. The number of ether oxygens (including phenoxy) is 3. The second-order valence-corrected chi connectivity index (χ2v) is 7.80. The molecule has 0 bridgehead atoms. The molecule has 2 N–H and O–H groups in total. The third-order valence-electron chi connectivity index (χ3n) is 5.50. The van der Waals surface area contributed by atoms with Gasteiger partial charge in [-0.05, 0) is 61.2 Å². The van der Waals surface area contributed by atoms with Crippen LogP contribution < -0.4 is 10.5 Å². The molecule has 7 heteroatoms. The summed E-state index contributed by atoms with van der Waals surface area (Å²) in [5.41, 5.74) is 11.8. The molecule has 0 radical (unpaired) electrons. The molecule has 0 unspecified atom stereocenters. The molecule has 7 nitrogen and oxygen atoms in total. The van der Waals surface area contributed by atoms with Crippen LogP contribution in [0.1, 0.15) is 24.5 Å². The van der Waals surface area contributed by atoms with Crippen molar-refractivity contribution in [2.75, 3.05) is 26.2 Å². The SMILES string of the molecule is CCOC(=O)CCc1ccc2c(c1)nc(N)c1ncc(-c3ccc(OCOC)cc3C)cc12. The van der Waals surface area contributed by atoms with Crippen LogP contribution >= 0.6 is 0 Å². The van der Waals surface area contributed by atoms with E-state index in [1.807, 2.05) is 49.5 Å². The molecule has 0 aliphatic rings. The number of esters is 1.